The van der Waals surface area contributed by atoms with Gasteiger partial charge >= 0.3 is 0 Å². The zero-order valence-corrected chi connectivity index (χ0v) is 11.5. The van der Waals surface area contributed by atoms with Gasteiger partial charge in [-0.2, -0.15) is 0 Å². The fourth-order valence-electron chi connectivity index (χ4n) is 2.00. The molecule has 1 aromatic rings. The van der Waals surface area contributed by atoms with Crippen molar-refractivity contribution in [1.82, 2.24) is 9.88 Å². The number of nitrogens with zero attached hydrogens (tertiary/aromatic N) is 1. The highest BCUT2D eigenvalue weighted by molar-refractivity contribution is 6.31. The first-order valence-corrected chi connectivity index (χ1v) is 6.61. The van der Waals surface area contributed by atoms with Crippen LogP contribution in [0.5, 0.6) is 0 Å². The lowest BCUT2D eigenvalue weighted by Crippen LogP contribution is -2.44. The maximum atomic E-state index is 12.2. The van der Waals surface area contributed by atoms with E-state index in [4.69, 9.17) is 16.7 Å². The molecule has 0 atom stereocenters. The van der Waals surface area contributed by atoms with Crippen LogP contribution in [0.15, 0.2) is 12.3 Å². The summed E-state index contributed by atoms with van der Waals surface area (Å²) in [7, 11) is 0. The van der Waals surface area contributed by atoms with Crippen LogP contribution in [0.3, 0.4) is 0 Å². The molecule has 5 heteroatoms. The lowest BCUT2D eigenvalue weighted by atomic mass is 10.0. The summed E-state index contributed by atoms with van der Waals surface area (Å²) in [6, 6.07) is 2.11. The molecule has 0 bridgehead atoms. The Labute approximate surface area is 112 Å². The highest BCUT2D eigenvalue weighted by Gasteiger charge is 2.29. The van der Waals surface area contributed by atoms with Crippen molar-refractivity contribution in [3.05, 3.63) is 23.0 Å². The average Bonchev–Trinajstić information content (AvgIpc) is 3.01. The van der Waals surface area contributed by atoms with Crippen molar-refractivity contribution in [1.29, 1.82) is 0 Å². The average molecular weight is 271 g/mol. The summed E-state index contributed by atoms with van der Waals surface area (Å²) < 4.78 is 1.95. The van der Waals surface area contributed by atoms with Crippen LogP contribution < -0.4 is 5.32 Å². The van der Waals surface area contributed by atoms with E-state index < -0.39 is 5.54 Å². The molecule has 0 radical (unpaired) electrons. The zero-order valence-electron chi connectivity index (χ0n) is 10.7. The predicted molar refractivity (Wildman–Crippen MR) is 71.0 cm³/mol. The van der Waals surface area contributed by atoms with E-state index in [0.717, 1.165) is 12.8 Å². The van der Waals surface area contributed by atoms with E-state index in [1.54, 1.807) is 6.07 Å². The molecule has 1 aliphatic rings. The van der Waals surface area contributed by atoms with Crippen molar-refractivity contribution in [3.8, 4) is 0 Å². The molecule has 0 spiro atoms. The fourth-order valence-corrected chi connectivity index (χ4v) is 2.20. The van der Waals surface area contributed by atoms with Crippen LogP contribution in [-0.2, 0) is 0 Å². The third kappa shape index (κ3) is 3.06. The van der Waals surface area contributed by atoms with E-state index in [1.807, 2.05) is 24.6 Å². The molecule has 0 saturated heterocycles. The SMILES string of the molecule is CC(C)(CCO)NC(=O)c1cc(Cl)cn1C1CC1. The van der Waals surface area contributed by atoms with Crippen molar-refractivity contribution in [2.24, 2.45) is 0 Å². The Bertz CT molecular complexity index is 450. The van der Waals surface area contributed by atoms with Gasteiger partial charge in [0.15, 0.2) is 0 Å². The van der Waals surface area contributed by atoms with Gasteiger partial charge in [0.25, 0.3) is 5.91 Å². The lowest BCUT2D eigenvalue weighted by molar-refractivity contribution is 0.0889. The molecule has 4 nitrogen and oxygen atoms in total. The first-order chi connectivity index (χ1) is 8.43. The van der Waals surface area contributed by atoms with Crippen LogP contribution in [0.2, 0.25) is 5.02 Å². The van der Waals surface area contributed by atoms with E-state index in [2.05, 4.69) is 5.32 Å². The summed E-state index contributed by atoms with van der Waals surface area (Å²) in [4.78, 5) is 12.2. The van der Waals surface area contributed by atoms with Crippen molar-refractivity contribution in [2.75, 3.05) is 6.61 Å². The summed E-state index contributed by atoms with van der Waals surface area (Å²) in [6.45, 7) is 3.85. The van der Waals surface area contributed by atoms with Crippen LogP contribution in [0.25, 0.3) is 0 Å². The Morgan fingerprint density at radius 1 is 1.61 bits per heavy atom. The number of aliphatic hydroxyl groups is 1. The topological polar surface area (TPSA) is 54.3 Å². The zero-order chi connectivity index (χ0) is 13.3. The van der Waals surface area contributed by atoms with Gasteiger partial charge in [-0.25, -0.2) is 0 Å². The smallest absolute Gasteiger partial charge is 0.268 e. The van der Waals surface area contributed by atoms with E-state index in [0.29, 0.717) is 23.2 Å². The van der Waals surface area contributed by atoms with Gasteiger partial charge in [0, 0.05) is 24.4 Å². The number of carbonyl (C=O) groups excluding carboxylic acids is 1. The highest BCUT2D eigenvalue weighted by atomic mass is 35.5. The predicted octanol–water partition coefficient (Wildman–Crippen LogP) is 2.37. The molecule has 18 heavy (non-hydrogen) atoms. The number of aromatic nitrogens is 1. The molecule has 1 heterocycles. The summed E-state index contributed by atoms with van der Waals surface area (Å²) in [5, 5.41) is 12.5. The molecule has 2 N–H and O–H groups in total. The van der Waals surface area contributed by atoms with Crippen LogP contribution in [-0.4, -0.2) is 27.7 Å². The summed E-state index contributed by atoms with van der Waals surface area (Å²) >= 11 is 5.97. The molecule has 0 aromatic carbocycles. The second-order valence-electron chi connectivity index (χ2n) is 5.49. The second kappa shape index (κ2) is 4.94. The minimum Gasteiger partial charge on any atom is -0.396 e. The van der Waals surface area contributed by atoms with Gasteiger partial charge in [-0.05, 0) is 39.2 Å². The second-order valence-corrected chi connectivity index (χ2v) is 5.93. The van der Waals surface area contributed by atoms with Crippen molar-refractivity contribution < 1.29 is 9.90 Å². The van der Waals surface area contributed by atoms with Crippen LogP contribution in [0.1, 0.15) is 49.6 Å². The fraction of sp³-hybridized carbons (Fsp3) is 0.615. The van der Waals surface area contributed by atoms with Crippen LogP contribution in [0.4, 0.5) is 0 Å². The molecule has 1 aromatic heterocycles. The summed E-state index contributed by atoms with van der Waals surface area (Å²) in [5.41, 5.74) is 0.185. The third-order valence-corrected chi connectivity index (χ3v) is 3.38. The first kappa shape index (κ1) is 13.4. The summed E-state index contributed by atoms with van der Waals surface area (Å²) in [5.74, 6) is -0.132. The molecular weight excluding hydrogens is 252 g/mol. The van der Waals surface area contributed by atoms with Gasteiger partial charge in [0.2, 0.25) is 0 Å². The number of aliphatic hydroxyl groups excluding tert-OH is 1. The number of hydrogen-bond donors (Lipinski definition) is 2. The number of carbonyl (C=O) groups is 1. The molecule has 0 aliphatic heterocycles. The molecule has 1 amide bonds. The Kier molecular flexibility index (Phi) is 3.69. The molecule has 2 rings (SSSR count). The monoisotopic (exact) mass is 270 g/mol. The van der Waals surface area contributed by atoms with E-state index in [9.17, 15) is 4.79 Å². The van der Waals surface area contributed by atoms with Crippen molar-refractivity contribution >= 4 is 17.5 Å². The van der Waals surface area contributed by atoms with E-state index in [1.165, 1.54) is 0 Å². The lowest BCUT2D eigenvalue weighted by Gasteiger charge is -2.25. The quantitative estimate of drug-likeness (QED) is 0.863. The third-order valence-electron chi connectivity index (χ3n) is 3.18. The molecular formula is C13H19ClN2O2. The Hall–Kier alpha value is -1.00. The number of halogens is 1. The summed E-state index contributed by atoms with van der Waals surface area (Å²) in [6.07, 6.45) is 4.54. The maximum Gasteiger partial charge on any atom is 0.268 e. The Morgan fingerprint density at radius 2 is 2.28 bits per heavy atom. The van der Waals surface area contributed by atoms with Gasteiger partial charge in [-0.1, -0.05) is 11.6 Å². The van der Waals surface area contributed by atoms with Crippen LogP contribution >= 0.6 is 11.6 Å². The van der Waals surface area contributed by atoms with Crippen molar-refractivity contribution in [2.45, 2.75) is 44.7 Å². The molecule has 1 aliphatic carbocycles. The highest BCUT2D eigenvalue weighted by Crippen LogP contribution is 2.37. The molecule has 100 valence electrons. The molecule has 1 fully saturated rings. The number of nitrogens with one attached hydrogen (secondary N) is 1. The molecule has 0 unspecified atom stereocenters. The van der Waals surface area contributed by atoms with E-state index in [-0.39, 0.29) is 12.5 Å². The van der Waals surface area contributed by atoms with Gasteiger partial charge in [0.1, 0.15) is 5.69 Å². The van der Waals surface area contributed by atoms with Gasteiger partial charge in [0.05, 0.1) is 5.02 Å². The molecule has 1 saturated carbocycles. The van der Waals surface area contributed by atoms with Crippen molar-refractivity contribution in [3.63, 3.8) is 0 Å². The minimum absolute atomic E-state index is 0.0532. The number of hydrogen-bond acceptors (Lipinski definition) is 2. The first-order valence-electron chi connectivity index (χ1n) is 6.24. The normalized spacial score (nSPS) is 15.8. The largest absolute Gasteiger partial charge is 0.396 e. The van der Waals surface area contributed by atoms with Gasteiger partial charge in [-0.15, -0.1) is 0 Å². The minimum atomic E-state index is -0.420. The van der Waals surface area contributed by atoms with E-state index >= 15 is 0 Å². The Balaban J connectivity index is 2.13. The van der Waals surface area contributed by atoms with Gasteiger partial charge < -0.3 is 15.0 Å². The van der Waals surface area contributed by atoms with Crippen LogP contribution in [0, 0.1) is 0 Å². The number of rotatable bonds is 5. The Morgan fingerprint density at radius 3 is 2.83 bits per heavy atom. The number of amides is 1. The maximum absolute atomic E-state index is 12.2. The van der Waals surface area contributed by atoms with Gasteiger partial charge in [-0.3, -0.25) is 4.79 Å². The standard InChI is InChI=1S/C13H19ClN2O2/c1-13(2,5-6-17)15-12(18)11-7-9(14)8-16(11)10-3-4-10/h7-8,10,17H,3-6H2,1-2H3,(H,15,18).